The van der Waals surface area contributed by atoms with Gasteiger partial charge in [-0.25, -0.2) is 0 Å². The molecule has 0 spiro atoms. The van der Waals surface area contributed by atoms with Gasteiger partial charge in [0.1, 0.15) is 5.69 Å². The summed E-state index contributed by atoms with van der Waals surface area (Å²) in [6.45, 7) is 1.98. The monoisotopic (exact) mass is 392 g/mol. The Labute approximate surface area is 151 Å². The summed E-state index contributed by atoms with van der Waals surface area (Å²) in [4.78, 5) is 14.8. The number of carbonyl (C=O) groups excluding carboxylic acids is 1. The van der Waals surface area contributed by atoms with Crippen molar-refractivity contribution in [2.75, 3.05) is 0 Å². The van der Waals surface area contributed by atoms with E-state index in [0.29, 0.717) is 6.07 Å². The molecule has 2 atom stereocenters. The molecule has 9 heteroatoms. The Morgan fingerprint density at radius 2 is 1.70 bits per heavy atom. The molecule has 0 bridgehead atoms. The highest BCUT2D eigenvalue weighted by Crippen LogP contribution is 2.40. The molecule has 2 unspecified atom stereocenters. The molecular formula is C18H18F6N2O. The molecule has 27 heavy (non-hydrogen) atoms. The Hall–Kier alpha value is -2.19. The van der Waals surface area contributed by atoms with Crippen LogP contribution in [-0.2, 0) is 12.4 Å². The van der Waals surface area contributed by atoms with Gasteiger partial charge in [-0.1, -0.05) is 19.8 Å². The number of amides is 1. The van der Waals surface area contributed by atoms with Gasteiger partial charge in [-0.15, -0.1) is 0 Å². The summed E-state index contributed by atoms with van der Waals surface area (Å²) >= 11 is 0. The second-order valence-electron chi connectivity index (χ2n) is 7.01. The van der Waals surface area contributed by atoms with Crippen LogP contribution in [0.2, 0.25) is 0 Å². The van der Waals surface area contributed by atoms with Gasteiger partial charge >= 0.3 is 12.4 Å². The van der Waals surface area contributed by atoms with Crippen LogP contribution in [0.25, 0.3) is 10.9 Å². The molecule has 148 valence electrons. The third-order valence-electron chi connectivity index (χ3n) is 5.04. The number of carbonyl (C=O) groups is 1. The van der Waals surface area contributed by atoms with Gasteiger partial charge in [-0.2, -0.15) is 26.3 Å². The van der Waals surface area contributed by atoms with E-state index in [9.17, 15) is 31.1 Å². The van der Waals surface area contributed by atoms with Crippen LogP contribution in [0, 0.1) is 5.92 Å². The average molecular weight is 392 g/mol. The highest BCUT2D eigenvalue weighted by molar-refractivity contribution is 5.99. The quantitative estimate of drug-likeness (QED) is 0.650. The maximum atomic E-state index is 13.2. The molecule has 1 amide bonds. The topological polar surface area (TPSA) is 44.9 Å². The number of benzene rings is 1. The SMILES string of the molecule is CC1CCCCC1NC(=O)c1cc2c(C(F)(F)F)cc(C(F)(F)F)cc2[nH]1. The molecule has 3 nitrogen and oxygen atoms in total. The predicted octanol–water partition coefficient (Wildman–Crippen LogP) is 5.51. The number of halogens is 6. The van der Waals surface area contributed by atoms with Gasteiger partial charge in [0.05, 0.1) is 11.1 Å². The second-order valence-corrected chi connectivity index (χ2v) is 7.01. The summed E-state index contributed by atoms with van der Waals surface area (Å²) in [5.41, 5.74) is -3.41. The van der Waals surface area contributed by atoms with Crippen molar-refractivity contribution in [2.45, 2.75) is 51.0 Å². The Morgan fingerprint density at radius 3 is 2.30 bits per heavy atom. The number of nitrogens with one attached hydrogen (secondary N) is 2. The molecule has 0 aliphatic heterocycles. The minimum atomic E-state index is -4.98. The third kappa shape index (κ3) is 4.06. The lowest BCUT2D eigenvalue weighted by atomic mass is 9.86. The lowest BCUT2D eigenvalue weighted by molar-refractivity contribution is -0.142. The Balaban J connectivity index is 1.99. The van der Waals surface area contributed by atoms with Crippen LogP contribution in [-0.4, -0.2) is 16.9 Å². The fourth-order valence-electron chi connectivity index (χ4n) is 3.54. The Kier molecular flexibility index (Phi) is 4.90. The molecule has 0 radical (unpaired) electrons. The molecule has 0 saturated heterocycles. The molecule has 1 heterocycles. The fraction of sp³-hybridized carbons (Fsp3) is 0.500. The number of H-pyrrole nitrogens is 1. The van der Waals surface area contributed by atoms with Crippen LogP contribution < -0.4 is 5.32 Å². The Morgan fingerprint density at radius 1 is 1.04 bits per heavy atom. The molecule has 1 aliphatic carbocycles. The van der Waals surface area contributed by atoms with Gasteiger partial charge in [0.2, 0.25) is 0 Å². The first-order valence-corrected chi connectivity index (χ1v) is 8.59. The number of hydrogen-bond acceptors (Lipinski definition) is 1. The average Bonchev–Trinajstić information content (AvgIpc) is 2.98. The van der Waals surface area contributed by atoms with E-state index in [4.69, 9.17) is 0 Å². The van der Waals surface area contributed by atoms with E-state index >= 15 is 0 Å². The first-order valence-electron chi connectivity index (χ1n) is 8.59. The van der Waals surface area contributed by atoms with E-state index in [0.717, 1.165) is 31.7 Å². The van der Waals surface area contributed by atoms with Crippen LogP contribution >= 0.6 is 0 Å². The van der Waals surface area contributed by atoms with Crippen molar-refractivity contribution >= 4 is 16.8 Å². The van der Waals surface area contributed by atoms with E-state index < -0.39 is 34.8 Å². The zero-order chi connectivity index (χ0) is 20.0. The van der Waals surface area contributed by atoms with E-state index in [1.807, 2.05) is 6.92 Å². The molecule has 1 aromatic heterocycles. The second kappa shape index (κ2) is 6.76. The summed E-state index contributed by atoms with van der Waals surface area (Å²) in [6, 6.07) is 1.51. The third-order valence-corrected chi connectivity index (χ3v) is 5.04. The molecule has 1 saturated carbocycles. The highest BCUT2D eigenvalue weighted by Gasteiger charge is 2.38. The number of aromatic amines is 1. The first kappa shape index (κ1) is 19.6. The van der Waals surface area contributed by atoms with Crippen molar-refractivity contribution < 1.29 is 31.1 Å². The van der Waals surface area contributed by atoms with Gasteiger partial charge in [-0.05, 0) is 37.0 Å². The first-order chi connectivity index (χ1) is 12.5. The van der Waals surface area contributed by atoms with E-state index in [1.165, 1.54) is 0 Å². The van der Waals surface area contributed by atoms with E-state index in [1.54, 1.807) is 0 Å². The Bertz CT molecular complexity index is 852. The molecule has 3 rings (SSSR count). The molecule has 1 aromatic carbocycles. The molecule has 1 aliphatic rings. The van der Waals surface area contributed by atoms with Crippen molar-refractivity contribution in [3.8, 4) is 0 Å². The van der Waals surface area contributed by atoms with Crippen LogP contribution in [0.3, 0.4) is 0 Å². The van der Waals surface area contributed by atoms with Crippen LogP contribution in [0.4, 0.5) is 26.3 Å². The summed E-state index contributed by atoms with van der Waals surface area (Å²) in [6.07, 6.45) is -6.22. The lowest BCUT2D eigenvalue weighted by Crippen LogP contribution is -2.41. The zero-order valence-corrected chi connectivity index (χ0v) is 14.4. The van der Waals surface area contributed by atoms with Crippen molar-refractivity contribution in [1.29, 1.82) is 0 Å². The summed E-state index contributed by atoms with van der Waals surface area (Å²) in [5.74, 6) is -0.388. The molecule has 1 fully saturated rings. The van der Waals surface area contributed by atoms with E-state index in [-0.39, 0.29) is 29.2 Å². The van der Waals surface area contributed by atoms with Gasteiger partial charge in [-0.3, -0.25) is 4.79 Å². The van der Waals surface area contributed by atoms with Crippen LogP contribution in [0.15, 0.2) is 18.2 Å². The number of hydrogen-bond donors (Lipinski definition) is 2. The maximum absolute atomic E-state index is 13.2. The predicted molar refractivity (Wildman–Crippen MR) is 87.2 cm³/mol. The van der Waals surface area contributed by atoms with E-state index in [2.05, 4.69) is 10.3 Å². The van der Waals surface area contributed by atoms with Crippen molar-refractivity contribution in [3.05, 3.63) is 35.0 Å². The zero-order valence-electron chi connectivity index (χ0n) is 14.4. The summed E-state index contributed by atoms with van der Waals surface area (Å²) in [5, 5.41) is 2.31. The number of rotatable bonds is 2. The van der Waals surface area contributed by atoms with Crippen molar-refractivity contribution in [3.63, 3.8) is 0 Å². The minimum Gasteiger partial charge on any atom is -0.351 e. The molecule has 2 aromatic rings. The summed E-state index contributed by atoms with van der Waals surface area (Å²) < 4.78 is 78.5. The standard InChI is InChI=1S/C18H18F6N2O/c1-9-4-2-3-5-13(9)26-16(27)15-8-11-12(18(22,23)24)6-10(17(19,20)21)7-14(11)25-15/h6-9,13,25H,2-5H2,1H3,(H,26,27). The van der Waals surface area contributed by atoms with Crippen molar-refractivity contribution in [2.24, 2.45) is 5.92 Å². The number of fused-ring (bicyclic) bond motifs is 1. The lowest BCUT2D eigenvalue weighted by Gasteiger charge is -2.29. The summed E-state index contributed by atoms with van der Waals surface area (Å²) in [7, 11) is 0. The molecule has 2 N–H and O–H groups in total. The van der Waals surface area contributed by atoms with Crippen LogP contribution in [0.1, 0.15) is 54.2 Å². The van der Waals surface area contributed by atoms with Crippen molar-refractivity contribution in [1.82, 2.24) is 10.3 Å². The fourth-order valence-corrected chi connectivity index (χ4v) is 3.54. The normalized spacial score (nSPS) is 21.4. The van der Waals surface area contributed by atoms with Gasteiger partial charge in [0.25, 0.3) is 5.91 Å². The smallest absolute Gasteiger partial charge is 0.351 e. The van der Waals surface area contributed by atoms with Crippen LogP contribution in [0.5, 0.6) is 0 Å². The van der Waals surface area contributed by atoms with Gasteiger partial charge < -0.3 is 10.3 Å². The van der Waals surface area contributed by atoms with Gasteiger partial charge in [0.15, 0.2) is 0 Å². The minimum absolute atomic E-state index is 0.0705. The number of alkyl halides is 6. The maximum Gasteiger partial charge on any atom is 0.417 e. The largest absolute Gasteiger partial charge is 0.417 e. The highest BCUT2D eigenvalue weighted by atomic mass is 19.4. The van der Waals surface area contributed by atoms with Gasteiger partial charge in [0, 0.05) is 16.9 Å². The number of aromatic nitrogens is 1. The molecular weight excluding hydrogens is 374 g/mol.